The van der Waals surface area contributed by atoms with E-state index in [-0.39, 0.29) is 11.4 Å². The van der Waals surface area contributed by atoms with Gasteiger partial charge in [0.05, 0.1) is 23.8 Å². The van der Waals surface area contributed by atoms with E-state index in [1.54, 1.807) is 12.1 Å². The van der Waals surface area contributed by atoms with Crippen LogP contribution in [-0.4, -0.2) is 9.55 Å². The van der Waals surface area contributed by atoms with E-state index in [0.717, 1.165) is 24.8 Å². The van der Waals surface area contributed by atoms with Gasteiger partial charge in [-0.05, 0) is 48.4 Å². The van der Waals surface area contributed by atoms with Gasteiger partial charge in [0.15, 0.2) is 0 Å². The van der Waals surface area contributed by atoms with E-state index in [2.05, 4.69) is 33.8 Å². The quantitative estimate of drug-likeness (QED) is 0.686. The standard InChI is InChI=1S/C20H17FN2/c21-16-5-3-4-14(9-16)8-15-10-20(11-15)18-7-2-1-6-17(18)19-12-22-13-23(19)20/h1-7,9,12-13,15H,8,10-11H2. The molecule has 3 heteroatoms. The molecule has 1 aliphatic carbocycles. The molecule has 0 N–H and O–H groups in total. The summed E-state index contributed by atoms with van der Waals surface area (Å²) in [7, 11) is 0. The zero-order chi connectivity index (χ0) is 15.4. The van der Waals surface area contributed by atoms with Crippen LogP contribution in [0, 0.1) is 11.7 Å². The summed E-state index contributed by atoms with van der Waals surface area (Å²) in [5.74, 6) is 0.456. The van der Waals surface area contributed by atoms with Crippen molar-refractivity contribution in [2.24, 2.45) is 5.92 Å². The molecule has 1 aliphatic heterocycles. The summed E-state index contributed by atoms with van der Waals surface area (Å²) < 4.78 is 15.7. The largest absolute Gasteiger partial charge is 0.320 e. The fourth-order valence-corrected chi connectivity index (χ4v) is 4.53. The number of halogens is 1. The van der Waals surface area contributed by atoms with E-state index >= 15 is 0 Å². The van der Waals surface area contributed by atoms with E-state index in [0.29, 0.717) is 5.92 Å². The summed E-state index contributed by atoms with van der Waals surface area (Å²) in [6.07, 6.45) is 7.08. The number of imidazole rings is 1. The highest BCUT2D eigenvalue weighted by Gasteiger charge is 2.51. The molecule has 3 aromatic rings. The predicted molar refractivity (Wildman–Crippen MR) is 87.6 cm³/mol. The Labute approximate surface area is 134 Å². The number of hydrogen-bond donors (Lipinski definition) is 0. The first-order valence-corrected chi connectivity index (χ1v) is 8.13. The second-order valence-corrected chi connectivity index (χ2v) is 6.83. The van der Waals surface area contributed by atoms with Crippen LogP contribution in [-0.2, 0) is 12.0 Å². The predicted octanol–water partition coefficient (Wildman–Crippen LogP) is 4.40. The zero-order valence-corrected chi connectivity index (χ0v) is 12.7. The molecule has 2 nitrogen and oxygen atoms in total. The summed E-state index contributed by atoms with van der Waals surface area (Å²) in [6, 6.07) is 15.7. The molecule has 0 bridgehead atoms. The third kappa shape index (κ3) is 1.76. The lowest BCUT2D eigenvalue weighted by molar-refractivity contribution is 0.116. The van der Waals surface area contributed by atoms with Crippen molar-refractivity contribution < 1.29 is 4.39 Å². The van der Waals surface area contributed by atoms with Gasteiger partial charge in [0.1, 0.15) is 5.82 Å². The van der Waals surface area contributed by atoms with E-state index in [9.17, 15) is 4.39 Å². The number of hydrogen-bond acceptors (Lipinski definition) is 1. The molecule has 0 saturated heterocycles. The number of benzene rings is 2. The molecule has 1 fully saturated rings. The average molecular weight is 304 g/mol. The van der Waals surface area contributed by atoms with Crippen molar-refractivity contribution >= 4 is 0 Å². The Morgan fingerprint density at radius 2 is 2.00 bits per heavy atom. The molecule has 5 rings (SSSR count). The highest BCUT2D eigenvalue weighted by Crippen LogP contribution is 2.57. The first kappa shape index (κ1) is 13.1. The Morgan fingerprint density at radius 1 is 1.13 bits per heavy atom. The Balaban J connectivity index is 1.46. The number of rotatable bonds is 2. The molecule has 1 spiro atoms. The summed E-state index contributed by atoms with van der Waals surface area (Å²) in [5.41, 5.74) is 5.13. The van der Waals surface area contributed by atoms with Crippen molar-refractivity contribution in [2.45, 2.75) is 24.8 Å². The van der Waals surface area contributed by atoms with Crippen molar-refractivity contribution in [2.75, 3.05) is 0 Å². The molecule has 0 unspecified atom stereocenters. The molecule has 114 valence electrons. The average Bonchev–Trinajstić information content (AvgIpc) is 3.08. The number of nitrogens with zero attached hydrogens (tertiary/aromatic N) is 2. The molecule has 23 heavy (non-hydrogen) atoms. The van der Waals surface area contributed by atoms with Gasteiger partial charge in [0.25, 0.3) is 0 Å². The lowest BCUT2D eigenvalue weighted by atomic mass is 9.63. The molecule has 0 amide bonds. The minimum atomic E-state index is -0.139. The van der Waals surface area contributed by atoms with Gasteiger partial charge < -0.3 is 4.57 Å². The molecule has 1 aromatic heterocycles. The van der Waals surface area contributed by atoms with Crippen LogP contribution in [0.15, 0.2) is 61.1 Å². The Bertz CT molecular complexity index is 890. The van der Waals surface area contributed by atoms with Gasteiger partial charge in [-0.25, -0.2) is 9.37 Å². The van der Waals surface area contributed by atoms with Crippen molar-refractivity contribution in [3.05, 3.63) is 78.0 Å². The van der Waals surface area contributed by atoms with Gasteiger partial charge in [-0.3, -0.25) is 0 Å². The van der Waals surface area contributed by atoms with Gasteiger partial charge in [-0.1, -0.05) is 36.4 Å². The Hall–Kier alpha value is -2.42. The third-order valence-electron chi connectivity index (χ3n) is 5.47. The minimum absolute atomic E-state index is 0.0699. The summed E-state index contributed by atoms with van der Waals surface area (Å²) in [6.45, 7) is 0. The minimum Gasteiger partial charge on any atom is -0.320 e. The van der Waals surface area contributed by atoms with E-state index in [1.807, 2.05) is 18.6 Å². The van der Waals surface area contributed by atoms with Crippen LogP contribution >= 0.6 is 0 Å². The van der Waals surface area contributed by atoms with Gasteiger partial charge >= 0.3 is 0 Å². The second kappa shape index (κ2) is 4.54. The summed E-state index contributed by atoms with van der Waals surface area (Å²) in [5, 5.41) is 0. The molecular weight excluding hydrogens is 287 g/mol. The molecule has 0 radical (unpaired) electrons. The molecule has 0 atom stereocenters. The fraction of sp³-hybridized carbons (Fsp3) is 0.250. The maximum absolute atomic E-state index is 13.4. The van der Waals surface area contributed by atoms with Gasteiger partial charge in [0, 0.05) is 5.56 Å². The Morgan fingerprint density at radius 3 is 2.87 bits per heavy atom. The first-order valence-electron chi connectivity index (χ1n) is 8.13. The van der Waals surface area contributed by atoms with Gasteiger partial charge in [0.2, 0.25) is 0 Å². The van der Waals surface area contributed by atoms with E-state index < -0.39 is 0 Å². The highest BCUT2D eigenvalue weighted by molar-refractivity contribution is 5.71. The maximum atomic E-state index is 13.4. The van der Waals surface area contributed by atoms with Crippen molar-refractivity contribution in [3.63, 3.8) is 0 Å². The van der Waals surface area contributed by atoms with Crippen LogP contribution in [0.3, 0.4) is 0 Å². The summed E-state index contributed by atoms with van der Waals surface area (Å²) in [4.78, 5) is 4.35. The molecule has 2 heterocycles. The second-order valence-electron chi connectivity index (χ2n) is 6.83. The Kier molecular flexibility index (Phi) is 2.58. The lowest BCUT2D eigenvalue weighted by Crippen LogP contribution is -2.45. The lowest BCUT2D eigenvalue weighted by Gasteiger charge is -2.47. The molecule has 2 aromatic carbocycles. The third-order valence-corrected chi connectivity index (χ3v) is 5.47. The van der Waals surface area contributed by atoms with E-state index in [4.69, 9.17) is 0 Å². The van der Waals surface area contributed by atoms with Crippen LogP contribution in [0.4, 0.5) is 4.39 Å². The van der Waals surface area contributed by atoms with Crippen LogP contribution in [0.2, 0.25) is 0 Å². The number of fused-ring (bicyclic) bond motifs is 5. The monoisotopic (exact) mass is 304 g/mol. The highest BCUT2D eigenvalue weighted by atomic mass is 19.1. The first-order chi connectivity index (χ1) is 11.3. The van der Waals surface area contributed by atoms with Crippen LogP contribution in [0.25, 0.3) is 11.3 Å². The maximum Gasteiger partial charge on any atom is 0.123 e. The van der Waals surface area contributed by atoms with Crippen LogP contribution < -0.4 is 0 Å². The normalized spacial score (nSPS) is 24.3. The zero-order valence-electron chi connectivity index (χ0n) is 12.7. The van der Waals surface area contributed by atoms with Crippen LogP contribution in [0.1, 0.15) is 24.0 Å². The van der Waals surface area contributed by atoms with E-state index in [1.165, 1.54) is 22.9 Å². The molecule has 1 saturated carbocycles. The molecular formula is C20H17FN2. The van der Waals surface area contributed by atoms with Crippen molar-refractivity contribution in [1.29, 1.82) is 0 Å². The number of aromatic nitrogens is 2. The van der Waals surface area contributed by atoms with Crippen LogP contribution in [0.5, 0.6) is 0 Å². The molecule has 2 aliphatic rings. The smallest absolute Gasteiger partial charge is 0.123 e. The fourth-order valence-electron chi connectivity index (χ4n) is 4.53. The SMILES string of the molecule is Fc1cccc(CC2CC3(C2)c2ccccc2-c2cncn23)c1. The van der Waals surface area contributed by atoms with Crippen molar-refractivity contribution in [1.82, 2.24) is 9.55 Å². The van der Waals surface area contributed by atoms with Crippen molar-refractivity contribution in [3.8, 4) is 11.3 Å². The topological polar surface area (TPSA) is 17.8 Å². The summed E-state index contributed by atoms with van der Waals surface area (Å²) >= 11 is 0. The van der Waals surface area contributed by atoms with Gasteiger partial charge in [-0.2, -0.15) is 0 Å². The van der Waals surface area contributed by atoms with Gasteiger partial charge in [-0.15, -0.1) is 0 Å².